The molecule has 3 rings (SSSR count). The molecule has 0 aliphatic rings. The lowest BCUT2D eigenvalue weighted by Crippen LogP contribution is -2.02. The van der Waals surface area contributed by atoms with Crippen LogP contribution in [0.3, 0.4) is 0 Å². The van der Waals surface area contributed by atoms with Gasteiger partial charge in [-0.05, 0) is 55.3 Å². The van der Waals surface area contributed by atoms with Gasteiger partial charge in [-0.15, -0.1) is 0 Å². The van der Waals surface area contributed by atoms with E-state index in [9.17, 15) is 14.9 Å². The van der Waals surface area contributed by atoms with Gasteiger partial charge >= 0.3 is 5.97 Å². The maximum absolute atomic E-state index is 11.3. The molecule has 0 radical (unpaired) electrons. The molecule has 0 spiro atoms. The van der Waals surface area contributed by atoms with Gasteiger partial charge in [-0.1, -0.05) is 18.2 Å². The fourth-order valence-corrected chi connectivity index (χ4v) is 3.08. The van der Waals surface area contributed by atoms with Crippen molar-refractivity contribution >= 4 is 23.6 Å². The number of rotatable bonds is 8. The average Bonchev–Trinajstić information content (AvgIpc) is 2.78. The quantitative estimate of drug-likeness (QED) is 0.294. The van der Waals surface area contributed by atoms with Crippen LogP contribution in [-0.2, 0) is 6.61 Å². The number of aryl methyl sites for hydroxylation is 1. The van der Waals surface area contributed by atoms with Crippen LogP contribution in [0.5, 0.6) is 11.5 Å². The molecule has 1 N–H and O–H groups in total. The van der Waals surface area contributed by atoms with Gasteiger partial charge in [0.15, 0.2) is 11.5 Å². The zero-order chi connectivity index (χ0) is 23.3. The van der Waals surface area contributed by atoms with Gasteiger partial charge in [0, 0.05) is 23.4 Å². The smallest absolute Gasteiger partial charge is 0.335 e. The highest BCUT2D eigenvalue weighted by Gasteiger charge is 2.14. The molecule has 0 saturated heterocycles. The fraction of sp³-hybridized carbons (Fsp3) is 0.167. The van der Waals surface area contributed by atoms with Crippen molar-refractivity contribution in [2.75, 3.05) is 7.11 Å². The Labute approximate surface area is 184 Å². The molecule has 164 valence electrons. The monoisotopic (exact) mass is 434 g/mol. The Morgan fingerprint density at radius 1 is 1.16 bits per heavy atom. The van der Waals surface area contributed by atoms with E-state index in [-0.39, 0.29) is 17.9 Å². The summed E-state index contributed by atoms with van der Waals surface area (Å²) in [5, 5.41) is 20.3. The normalized spacial score (nSPS) is 10.8. The highest BCUT2D eigenvalue weighted by atomic mass is 16.6. The number of benzene rings is 3. The number of aliphatic imine (C=N–C) groups is 1. The third-order valence-electron chi connectivity index (χ3n) is 4.99. The van der Waals surface area contributed by atoms with Gasteiger partial charge in [-0.3, -0.25) is 15.1 Å². The van der Waals surface area contributed by atoms with Crippen LogP contribution in [0.15, 0.2) is 59.6 Å². The topological polar surface area (TPSA) is 111 Å². The SMILES string of the molecule is COc1cccc(C=Nc2cc(C)c(C)c([N+](=O)[O-])c2)c1OCc1ccc(C(=O)O)cc1. The molecular formula is C24H22N2O6. The lowest BCUT2D eigenvalue weighted by molar-refractivity contribution is -0.385. The first-order valence-electron chi connectivity index (χ1n) is 9.72. The molecule has 0 heterocycles. The van der Waals surface area contributed by atoms with Crippen molar-refractivity contribution in [2.45, 2.75) is 20.5 Å². The average molecular weight is 434 g/mol. The van der Waals surface area contributed by atoms with Crippen LogP contribution < -0.4 is 9.47 Å². The second-order valence-electron chi connectivity index (χ2n) is 7.09. The summed E-state index contributed by atoms with van der Waals surface area (Å²) in [5.74, 6) is -0.0335. The molecule has 0 aliphatic heterocycles. The second-order valence-corrected chi connectivity index (χ2v) is 7.09. The zero-order valence-corrected chi connectivity index (χ0v) is 17.9. The van der Waals surface area contributed by atoms with E-state index in [1.165, 1.54) is 25.3 Å². The van der Waals surface area contributed by atoms with Gasteiger partial charge in [0.2, 0.25) is 0 Å². The van der Waals surface area contributed by atoms with Crippen molar-refractivity contribution in [2.24, 2.45) is 4.99 Å². The summed E-state index contributed by atoms with van der Waals surface area (Å²) in [5.41, 5.74) is 3.47. The van der Waals surface area contributed by atoms with Crippen LogP contribution >= 0.6 is 0 Å². The Morgan fingerprint density at radius 2 is 1.88 bits per heavy atom. The molecule has 32 heavy (non-hydrogen) atoms. The Balaban J connectivity index is 1.88. The van der Waals surface area contributed by atoms with E-state index in [1.807, 2.05) is 0 Å². The van der Waals surface area contributed by atoms with Crippen molar-refractivity contribution in [3.63, 3.8) is 0 Å². The summed E-state index contributed by atoms with van der Waals surface area (Å²) >= 11 is 0. The number of nitro groups is 1. The van der Waals surface area contributed by atoms with Crippen LogP contribution in [0.2, 0.25) is 0 Å². The van der Waals surface area contributed by atoms with Gasteiger partial charge in [-0.2, -0.15) is 0 Å². The summed E-state index contributed by atoms with van der Waals surface area (Å²) in [4.78, 5) is 26.3. The summed E-state index contributed by atoms with van der Waals surface area (Å²) in [6, 6.07) is 14.9. The number of aromatic carboxylic acids is 1. The first-order chi connectivity index (χ1) is 15.3. The third-order valence-corrected chi connectivity index (χ3v) is 4.99. The van der Waals surface area contributed by atoms with Gasteiger partial charge < -0.3 is 14.6 Å². The number of carboxylic acid groups (broad SMARTS) is 1. The molecule has 0 fully saturated rings. The molecule has 0 unspecified atom stereocenters. The number of ether oxygens (including phenoxy) is 2. The van der Waals surface area contributed by atoms with E-state index in [0.717, 1.165) is 11.1 Å². The number of nitrogens with zero attached hydrogens (tertiary/aromatic N) is 2. The number of para-hydroxylation sites is 1. The van der Waals surface area contributed by atoms with E-state index < -0.39 is 10.9 Å². The predicted octanol–water partition coefficient (Wildman–Crippen LogP) is 5.25. The lowest BCUT2D eigenvalue weighted by atomic mass is 10.1. The van der Waals surface area contributed by atoms with E-state index in [1.54, 1.807) is 56.5 Å². The van der Waals surface area contributed by atoms with Crippen LogP contribution in [-0.4, -0.2) is 29.3 Å². The number of hydrogen-bond donors (Lipinski definition) is 1. The van der Waals surface area contributed by atoms with Crippen molar-refractivity contribution in [3.05, 3.63) is 92.5 Å². The summed E-state index contributed by atoms with van der Waals surface area (Å²) in [6.07, 6.45) is 1.57. The molecule has 3 aromatic carbocycles. The Hall–Kier alpha value is -4.20. The lowest BCUT2D eigenvalue weighted by Gasteiger charge is -2.13. The van der Waals surface area contributed by atoms with E-state index in [2.05, 4.69) is 4.99 Å². The van der Waals surface area contributed by atoms with E-state index >= 15 is 0 Å². The molecule has 3 aromatic rings. The highest BCUT2D eigenvalue weighted by molar-refractivity contribution is 5.88. The zero-order valence-electron chi connectivity index (χ0n) is 17.9. The van der Waals surface area contributed by atoms with Crippen molar-refractivity contribution in [1.82, 2.24) is 0 Å². The molecule has 0 atom stereocenters. The fourth-order valence-electron chi connectivity index (χ4n) is 3.08. The minimum Gasteiger partial charge on any atom is -0.493 e. The molecule has 0 aromatic heterocycles. The largest absolute Gasteiger partial charge is 0.493 e. The van der Waals surface area contributed by atoms with Gasteiger partial charge in [-0.25, -0.2) is 4.79 Å². The molecule has 8 nitrogen and oxygen atoms in total. The minimum absolute atomic E-state index is 0.0177. The maximum atomic E-state index is 11.3. The molecule has 0 aliphatic carbocycles. The van der Waals surface area contributed by atoms with E-state index in [4.69, 9.17) is 14.6 Å². The van der Waals surface area contributed by atoms with Crippen LogP contribution in [0.25, 0.3) is 0 Å². The molecule has 0 amide bonds. The second kappa shape index (κ2) is 9.74. The number of carboxylic acids is 1. The molecule has 0 bridgehead atoms. The molecular weight excluding hydrogens is 412 g/mol. The predicted molar refractivity (Wildman–Crippen MR) is 121 cm³/mol. The highest BCUT2D eigenvalue weighted by Crippen LogP contribution is 2.32. The van der Waals surface area contributed by atoms with E-state index in [0.29, 0.717) is 28.3 Å². The third kappa shape index (κ3) is 5.10. The van der Waals surface area contributed by atoms with Crippen LogP contribution in [0.4, 0.5) is 11.4 Å². The molecule has 8 heteroatoms. The van der Waals surface area contributed by atoms with Gasteiger partial charge in [0.25, 0.3) is 5.69 Å². The Morgan fingerprint density at radius 3 is 2.50 bits per heavy atom. The summed E-state index contributed by atoms with van der Waals surface area (Å²) in [6.45, 7) is 3.70. The van der Waals surface area contributed by atoms with Gasteiger partial charge in [0.1, 0.15) is 6.61 Å². The standard InChI is InChI=1S/C24H22N2O6/c1-15-11-20(12-21(16(15)2)26(29)30)25-13-19-5-4-6-22(31-3)23(19)32-14-17-7-9-18(10-8-17)24(27)28/h4-13H,14H2,1-3H3,(H,27,28). The number of carbonyl (C=O) groups is 1. The number of nitro benzene ring substituents is 1. The minimum atomic E-state index is -0.993. The molecule has 0 saturated carbocycles. The first-order valence-corrected chi connectivity index (χ1v) is 9.72. The summed E-state index contributed by atoms with van der Waals surface area (Å²) < 4.78 is 11.4. The number of hydrogen-bond acceptors (Lipinski definition) is 6. The number of methoxy groups -OCH3 is 1. The Kier molecular flexibility index (Phi) is 6.84. The van der Waals surface area contributed by atoms with Crippen molar-refractivity contribution in [1.29, 1.82) is 0 Å². The maximum Gasteiger partial charge on any atom is 0.335 e. The van der Waals surface area contributed by atoms with Crippen molar-refractivity contribution in [3.8, 4) is 11.5 Å². The van der Waals surface area contributed by atoms with Crippen LogP contribution in [0, 0.1) is 24.0 Å². The van der Waals surface area contributed by atoms with Crippen molar-refractivity contribution < 1.29 is 24.3 Å². The Bertz CT molecular complexity index is 1190. The van der Waals surface area contributed by atoms with Crippen LogP contribution in [0.1, 0.15) is 32.6 Å². The van der Waals surface area contributed by atoms with Gasteiger partial charge in [0.05, 0.1) is 23.3 Å². The summed E-state index contributed by atoms with van der Waals surface area (Å²) in [7, 11) is 1.53. The first kappa shape index (κ1) is 22.5.